The Hall–Kier alpha value is -2.16. The van der Waals surface area contributed by atoms with Gasteiger partial charge in [-0.1, -0.05) is 29.3 Å². The molecule has 4 rings (SSSR count). The minimum absolute atomic E-state index is 0. The number of hydrogen-bond acceptors (Lipinski definition) is 5. The summed E-state index contributed by atoms with van der Waals surface area (Å²) in [4.78, 5) is 19.2. The van der Waals surface area contributed by atoms with Crippen LogP contribution in [0.4, 0.5) is 4.39 Å². The Morgan fingerprint density at radius 1 is 1.06 bits per heavy atom. The average molecular weight is 468 g/mol. The Morgan fingerprint density at radius 2 is 1.81 bits per heavy atom. The van der Waals surface area contributed by atoms with E-state index in [1.807, 2.05) is 0 Å². The van der Waals surface area contributed by atoms with E-state index in [2.05, 4.69) is 9.97 Å². The van der Waals surface area contributed by atoms with Crippen LogP contribution in [0.15, 0.2) is 55.0 Å². The van der Waals surface area contributed by atoms with Gasteiger partial charge in [-0.3, -0.25) is 0 Å². The second kappa shape index (κ2) is 9.97. The number of aromatic nitrogens is 3. The van der Waals surface area contributed by atoms with E-state index in [0.717, 1.165) is 0 Å². The first-order chi connectivity index (χ1) is 14.4. The molecule has 0 aliphatic rings. The van der Waals surface area contributed by atoms with Crippen LogP contribution in [0, 0.1) is 5.82 Å². The summed E-state index contributed by atoms with van der Waals surface area (Å²) < 4.78 is 21.6. The smallest absolute Gasteiger partial charge is 0.543 e. The molecule has 2 aromatic carbocycles. The number of carbonyl (C=O) groups is 1. The molecular formula is C21H13Cl2FN3NaO3. The molecule has 2 heterocycles. The van der Waals surface area contributed by atoms with Gasteiger partial charge in [0.1, 0.15) is 30.1 Å². The minimum Gasteiger partial charge on any atom is -0.543 e. The van der Waals surface area contributed by atoms with E-state index >= 15 is 0 Å². The van der Waals surface area contributed by atoms with E-state index in [0.29, 0.717) is 44.5 Å². The number of fused-ring (bicyclic) bond motifs is 1. The molecule has 0 unspecified atom stereocenters. The Kier molecular flexibility index (Phi) is 7.56. The summed E-state index contributed by atoms with van der Waals surface area (Å²) in [5.41, 5.74) is 1.32. The zero-order chi connectivity index (χ0) is 21.3. The van der Waals surface area contributed by atoms with Crippen molar-refractivity contribution in [2.45, 2.75) is 13.2 Å². The molecular weight excluding hydrogens is 455 g/mol. The quantitative estimate of drug-likeness (QED) is 0.393. The summed E-state index contributed by atoms with van der Waals surface area (Å²) >= 11 is 11.9. The monoisotopic (exact) mass is 467 g/mol. The molecule has 0 spiro atoms. The van der Waals surface area contributed by atoms with Crippen LogP contribution in [0.5, 0.6) is 5.75 Å². The van der Waals surface area contributed by atoms with Crippen molar-refractivity contribution in [2.24, 2.45) is 0 Å². The van der Waals surface area contributed by atoms with Crippen molar-refractivity contribution in [3.8, 4) is 5.75 Å². The van der Waals surface area contributed by atoms with E-state index in [9.17, 15) is 14.3 Å². The number of benzene rings is 2. The van der Waals surface area contributed by atoms with Gasteiger partial charge in [-0.05, 0) is 36.4 Å². The number of rotatable bonds is 6. The van der Waals surface area contributed by atoms with Crippen molar-refractivity contribution in [3.05, 3.63) is 87.7 Å². The third kappa shape index (κ3) is 5.19. The molecule has 0 amide bonds. The van der Waals surface area contributed by atoms with Crippen LogP contribution in [-0.4, -0.2) is 20.5 Å². The fourth-order valence-corrected chi connectivity index (χ4v) is 3.44. The maximum Gasteiger partial charge on any atom is 1.00 e. The van der Waals surface area contributed by atoms with Gasteiger partial charge in [-0.15, -0.1) is 0 Å². The molecule has 10 heteroatoms. The predicted molar refractivity (Wildman–Crippen MR) is 108 cm³/mol. The van der Waals surface area contributed by atoms with Crippen LogP contribution in [-0.2, 0) is 13.2 Å². The number of carbonyl (C=O) groups excluding carboxylic acids is 1. The summed E-state index contributed by atoms with van der Waals surface area (Å²) in [7, 11) is 0. The number of carboxylic acids is 1. The first-order valence-electron chi connectivity index (χ1n) is 8.78. The maximum atomic E-state index is 14.0. The van der Waals surface area contributed by atoms with E-state index in [4.69, 9.17) is 27.9 Å². The van der Waals surface area contributed by atoms with Gasteiger partial charge in [-0.2, -0.15) is 0 Å². The van der Waals surface area contributed by atoms with E-state index in [-0.39, 0.29) is 41.9 Å². The van der Waals surface area contributed by atoms with Gasteiger partial charge in [-0.25, -0.2) is 14.4 Å². The summed E-state index contributed by atoms with van der Waals surface area (Å²) in [6.07, 6.45) is 2.86. The minimum atomic E-state index is -1.38. The SMILES string of the molecule is O=C([O-])c1ncnc2c1ccn2Cc1cc(Cl)ccc1OCc1ccc(Cl)cc1F.[Na+]. The Balaban J connectivity index is 0.00000272. The molecule has 0 N–H and O–H groups in total. The number of hydrogen-bond donors (Lipinski definition) is 0. The molecule has 0 aliphatic heterocycles. The number of halogens is 3. The molecule has 0 saturated carbocycles. The Morgan fingerprint density at radius 3 is 2.55 bits per heavy atom. The second-order valence-electron chi connectivity index (χ2n) is 6.47. The molecule has 0 fully saturated rings. The van der Waals surface area contributed by atoms with Gasteiger partial charge in [0.15, 0.2) is 0 Å². The largest absolute Gasteiger partial charge is 1.00 e. The van der Waals surface area contributed by atoms with Crippen molar-refractivity contribution in [1.29, 1.82) is 0 Å². The van der Waals surface area contributed by atoms with Gasteiger partial charge in [0.2, 0.25) is 0 Å². The average Bonchev–Trinajstić information content (AvgIpc) is 3.11. The summed E-state index contributed by atoms with van der Waals surface area (Å²) in [5.74, 6) is -1.33. The zero-order valence-corrected chi connectivity index (χ0v) is 19.8. The third-order valence-electron chi connectivity index (χ3n) is 4.51. The number of nitrogens with zero attached hydrogens (tertiary/aromatic N) is 3. The molecule has 2 aromatic heterocycles. The van der Waals surface area contributed by atoms with Gasteiger partial charge in [0.05, 0.1) is 18.2 Å². The van der Waals surface area contributed by atoms with E-state index in [1.165, 1.54) is 12.4 Å². The molecule has 0 radical (unpaired) electrons. The number of ether oxygens (including phenoxy) is 1. The standard InChI is InChI=1S/C21H14Cl2FN3O3.Na/c22-14-3-4-18(30-10-12-1-2-15(23)8-17(12)24)13(7-14)9-27-6-5-16-19(21(28)29)25-11-26-20(16)27;/h1-8,11H,9-10H2,(H,28,29);/q;+1/p-1. The van der Waals surface area contributed by atoms with Gasteiger partial charge >= 0.3 is 29.6 Å². The van der Waals surface area contributed by atoms with Gasteiger partial charge < -0.3 is 19.2 Å². The molecule has 6 nitrogen and oxygen atoms in total. The van der Waals surface area contributed by atoms with Crippen LogP contribution >= 0.6 is 23.2 Å². The Labute approximate surface area is 208 Å². The zero-order valence-electron chi connectivity index (χ0n) is 16.3. The van der Waals surface area contributed by atoms with Crippen LogP contribution in [0.25, 0.3) is 11.0 Å². The first kappa shape index (κ1) is 23.5. The molecule has 0 saturated heterocycles. The van der Waals surface area contributed by atoms with E-state index < -0.39 is 11.8 Å². The predicted octanol–water partition coefficient (Wildman–Crippen LogP) is 0.872. The Bertz CT molecular complexity index is 1270. The van der Waals surface area contributed by atoms with Crippen molar-refractivity contribution < 1.29 is 48.6 Å². The molecule has 0 atom stereocenters. The van der Waals surface area contributed by atoms with Crippen molar-refractivity contribution in [2.75, 3.05) is 0 Å². The third-order valence-corrected chi connectivity index (χ3v) is 4.98. The summed E-state index contributed by atoms with van der Waals surface area (Å²) in [6, 6.07) is 11.1. The van der Waals surface area contributed by atoms with Crippen molar-refractivity contribution in [1.82, 2.24) is 14.5 Å². The fraction of sp³-hybridized carbons (Fsp3) is 0.0952. The van der Waals surface area contributed by atoms with Crippen molar-refractivity contribution in [3.63, 3.8) is 0 Å². The van der Waals surface area contributed by atoms with Crippen LogP contribution in [0.1, 0.15) is 21.6 Å². The second-order valence-corrected chi connectivity index (χ2v) is 7.34. The fourth-order valence-electron chi connectivity index (χ4n) is 3.08. The van der Waals surface area contributed by atoms with Crippen molar-refractivity contribution >= 4 is 40.2 Å². The van der Waals surface area contributed by atoms with Gasteiger partial charge in [0, 0.05) is 32.8 Å². The summed E-state index contributed by atoms with van der Waals surface area (Å²) in [5, 5.41) is 12.4. The van der Waals surface area contributed by atoms with Crippen LogP contribution < -0.4 is 39.4 Å². The molecule has 152 valence electrons. The number of carboxylic acid groups (broad SMARTS) is 1. The molecule has 31 heavy (non-hydrogen) atoms. The van der Waals surface area contributed by atoms with E-state index in [1.54, 1.807) is 47.2 Å². The first-order valence-corrected chi connectivity index (χ1v) is 9.54. The molecule has 4 aromatic rings. The normalized spacial score (nSPS) is 10.7. The number of aromatic carboxylic acids is 1. The summed E-state index contributed by atoms with van der Waals surface area (Å²) in [6.45, 7) is 0.299. The molecule has 0 aliphatic carbocycles. The topological polar surface area (TPSA) is 80.1 Å². The maximum absolute atomic E-state index is 14.0. The van der Waals surface area contributed by atoms with Gasteiger partial charge in [0.25, 0.3) is 0 Å². The van der Waals surface area contributed by atoms with Crippen LogP contribution in [0.2, 0.25) is 10.0 Å². The molecule has 0 bridgehead atoms. The van der Waals surface area contributed by atoms with Crippen LogP contribution in [0.3, 0.4) is 0 Å².